The van der Waals surface area contributed by atoms with Crippen LogP contribution in [-0.4, -0.2) is 51.0 Å². The fraction of sp³-hybridized carbons (Fsp3) is 0.455. The second-order valence-corrected chi connectivity index (χ2v) is 4.21. The Morgan fingerprint density at radius 2 is 2.05 bits per heavy atom. The van der Waals surface area contributed by atoms with Gasteiger partial charge in [0.15, 0.2) is 5.82 Å². The molecule has 1 aliphatic heterocycles. The van der Waals surface area contributed by atoms with Crippen molar-refractivity contribution in [3.63, 3.8) is 0 Å². The number of nitrogens with zero attached hydrogens (tertiary/aromatic N) is 6. The Morgan fingerprint density at radius 3 is 2.79 bits per heavy atom. The van der Waals surface area contributed by atoms with E-state index in [0.29, 0.717) is 31.5 Å². The highest BCUT2D eigenvalue weighted by atomic mass is 16.5. The number of nitrogens with two attached hydrogens (primary N) is 1. The zero-order valence-corrected chi connectivity index (χ0v) is 10.4. The molecule has 2 aromatic heterocycles. The lowest BCUT2D eigenvalue weighted by atomic mass is 10.4. The summed E-state index contributed by atoms with van der Waals surface area (Å²) in [7, 11) is 0. The fourth-order valence-electron chi connectivity index (χ4n) is 1.94. The zero-order chi connectivity index (χ0) is 13.1. The van der Waals surface area contributed by atoms with Gasteiger partial charge in [0, 0.05) is 25.5 Å². The van der Waals surface area contributed by atoms with Crippen molar-refractivity contribution in [3.8, 4) is 0 Å². The smallest absolute Gasteiger partial charge is 0.230 e. The van der Waals surface area contributed by atoms with Gasteiger partial charge in [0.1, 0.15) is 6.54 Å². The Balaban J connectivity index is 1.82. The van der Waals surface area contributed by atoms with E-state index in [1.165, 1.54) is 0 Å². The van der Waals surface area contributed by atoms with Crippen LogP contribution in [0, 0.1) is 0 Å². The van der Waals surface area contributed by atoms with Crippen LogP contribution in [0.2, 0.25) is 0 Å². The second kappa shape index (κ2) is 5.19. The van der Waals surface area contributed by atoms with Crippen molar-refractivity contribution in [2.45, 2.75) is 6.54 Å². The van der Waals surface area contributed by atoms with E-state index in [1.807, 2.05) is 17.2 Å². The zero-order valence-electron chi connectivity index (χ0n) is 10.4. The Bertz CT molecular complexity index is 536. The first kappa shape index (κ1) is 11.8. The number of hydrogen-bond donors (Lipinski definition) is 1. The van der Waals surface area contributed by atoms with Crippen molar-refractivity contribution < 1.29 is 4.74 Å². The summed E-state index contributed by atoms with van der Waals surface area (Å²) >= 11 is 0. The first-order chi connectivity index (χ1) is 9.31. The van der Waals surface area contributed by atoms with Gasteiger partial charge in [-0.25, -0.2) is 0 Å². The number of anilines is 2. The van der Waals surface area contributed by atoms with Crippen LogP contribution in [0.15, 0.2) is 18.5 Å². The van der Waals surface area contributed by atoms with Crippen LogP contribution in [0.25, 0.3) is 0 Å². The SMILES string of the molecule is Nc1nc(Cn2cccn2)nc(N2CCOCC2)n1. The average Bonchev–Trinajstić information content (AvgIpc) is 2.92. The molecule has 0 unspecified atom stereocenters. The maximum absolute atomic E-state index is 5.75. The number of aromatic nitrogens is 5. The van der Waals surface area contributed by atoms with Gasteiger partial charge in [0.25, 0.3) is 0 Å². The number of hydrogen-bond acceptors (Lipinski definition) is 7. The van der Waals surface area contributed by atoms with Gasteiger partial charge in [-0.1, -0.05) is 0 Å². The largest absolute Gasteiger partial charge is 0.378 e. The summed E-state index contributed by atoms with van der Waals surface area (Å²) in [4.78, 5) is 14.8. The van der Waals surface area contributed by atoms with Crippen LogP contribution in [-0.2, 0) is 11.3 Å². The summed E-state index contributed by atoms with van der Waals surface area (Å²) < 4.78 is 7.06. The molecule has 8 heteroatoms. The first-order valence-corrected chi connectivity index (χ1v) is 6.12. The number of morpholine rings is 1. The van der Waals surface area contributed by atoms with E-state index in [-0.39, 0.29) is 5.95 Å². The highest BCUT2D eigenvalue weighted by molar-refractivity contribution is 5.35. The van der Waals surface area contributed by atoms with Crippen molar-refractivity contribution in [1.82, 2.24) is 24.7 Å². The molecule has 1 aliphatic rings. The summed E-state index contributed by atoms with van der Waals surface area (Å²) in [6, 6.07) is 1.85. The third-order valence-corrected chi connectivity index (χ3v) is 2.84. The molecule has 0 spiro atoms. The maximum Gasteiger partial charge on any atom is 0.230 e. The lowest BCUT2D eigenvalue weighted by Gasteiger charge is -2.26. The van der Waals surface area contributed by atoms with Crippen molar-refractivity contribution >= 4 is 11.9 Å². The molecule has 0 bridgehead atoms. The highest BCUT2D eigenvalue weighted by Gasteiger charge is 2.15. The minimum atomic E-state index is 0.235. The topological polar surface area (TPSA) is 95.0 Å². The van der Waals surface area contributed by atoms with Crippen LogP contribution >= 0.6 is 0 Å². The third kappa shape index (κ3) is 2.79. The minimum absolute atomic E-state index is 0.235. The van der Waals surface area contributed by atoms with E-state index < -0.39 is 0 Å². The van der Waals surface area contributed by atoms with Gasteiger partial charge < -0.3 is 15.4 Å². The first-order valence-electron chi connectivity index (χ1n) is 6.12. The normalized spacial score (nSPS) is 15.7. The fourth-order valence-corrected chi connectivity index (χ4v) is 1.94. The lowest BCUT2D eigenvalue weighted by molar-refractivity contribution is 0.122. The van der Waals surface area contributed by atoms with Crippen molar-refractivity contribution in [2.24, 2.45) is 0 Å². The number of ether oxygens (including phenoxy) is 1. The molecule has 1 fully saturated rings. The van der Waals surface area contributed by atoms with E-state index in [9.17, 15) is 0 Å². The number of rotatable bonds is 3. The van der Waals surface area contributed by atoms with E-state index >= 15 is 0 Å². The van der Waals surface area contributed by atoms with Crippen molar-refractivity contribution in [1.29, 1.82) is 0 Å². The van der Waals surface area contributed by atoms with Crippen molar-refractivity contribution in [2.75, 3.05) is 36.9 Å². The quantitative estimate of drug-likeness (QED) is 0.798. The molecular weight excluding hydrogens is 246 g/mol. The Hall–Kier alpha value is -2.22. The van der Waals surface area contributed by atoms with Crippen LogP contribution in [0.4, 0.5) is 11.9 Å². The molecule has 1 saturated heterocycles. The predicted molar refractivity (Wildman–Crippen MR) is 68.6 cm³/mol. The Morgan fingerprint density at radius 1 is 1.21 bits per heavy atom. The van der Waals surface area contributed by atoms with E-state index in [0.717, 1.165) is 13.1 Å². The van der Waals surface area contributed by atoms with Gasteiger partial charge in [-0.2, -0.15) is 20.1 Å². The van der Waals surface area contributed by atoms with E-state index in [2.05, 4.69) is 20.1 Å². The summed E-state index contributed by atoms with van der Waals surface area (Å²) in [6.45, 7) is 3.38. The second-order valence-electron chi connectivity index (χ2n) is 4.21. The summed E-state index contributed by atoms with van der Waals surface area (Å²) in [5, 5.41) is 4.13. The van der Waals surface area contributed by atoms with Crippen LogP contribution in [0.3, 0.4) is 0 Å². The molecule has 0 saturated carbocycles. The predicted octanol–water partition coefficient (Wildman–Crippen LogP) is -0.465. The molecule has 0 atom stereocenters. The molecule has 0 aromatic carbocycles. The molecule has 0 aliphatic carbocycles. The average molecular weight is 261 g/mol. The van der Waals surface area contributed by atoms with Gasteiger partial charge in [0.2, 0.25) is 11.9 Å². The molecule has 3 rings (SSSR count). The highest BCUT2D eigenvalue weighted by Crippen LogP contribution is 2.11. The summed E-state index contributed by atoms with van der Waals surface area (Å²) in [6.07, 6.45) is 3.57. The molecule has 19 heavy (non-hydrogen) atoms. The molecule has 8 nitrogen and oxygen atoms in total. The van der Waals surface area contributed by atoms with Gasteiger partial charge >= 0.3 is 0 Å². The summed E-state index contributed by atoms with van der Waals surface area (Å²) in [5.74, 6) is 1.45. The van der Waals surface area contributed by atoms with Gasteiger partial charge in [0.05, 0.1) is 13.2 Å². The van der Waals surface area contributed by atoms with Crippen LogP contribution in [0.5, 0.6) is 0 Å². The Labute approximate surface area is 110 Å². The van der Waals surface area contributed by atoms with Crippen molar-refractivity contribution in [3.05, 3.63) is 24.3 Å². The molecular formula is C11H15N7O. The van der Waals surface area contributed by atoms with E-state index in [1.54, 1.807) is 10.9 Å². The van der Waals surface area contributed by atoms with E-state index in [4.69, 9.17) is 10.5 Å². The van der Waals surface area contributed by atoms with Gasteiger partial charge in [-0.05, 0) is 6.07 Å². The molecule has 0 amide bonds. The monoisotopic (exact) mass is 261 g/mol. The molecule has 100 valence electrons. The Kier molecular flexibility index (Phi) is 3.23. The third-order valence-electron chi connectivity index (χ3n) is 2.84. The molecule has 0 radical (unpaired) electrons. The summed E-state index contributed by atoms with van der Waals surface area (Å²) in [5.41, 5.74) is 5.75. The minimum Gasteiger partial charge on any atom is -0.378 e. The van der Waals surface area contributed by atoms with Gasteiger partial charge in [-0.3, -0.25) is 4.68 Å². The van der Waals surface area contributed by atoms with Crippen LogP contribution < -0.4 is 10.6 Å². The van der Waals surface area contributed by atoms with Crippen LogP contribution in [0.1, 0.15) is 5.82 Å². The molecule has 2 N–H and O–H groups in total. The number of nitrogen functional groups attached to an aromatic ring is 1. The lowest BCUT2D eigenvalue weighted by Crippen LogP contribution is -2.37. The standard InChI is InChI=1S/C11H15N7O/c12-10-14-9(8-18-3-1-2-13-18)15-11(16-10)17-4-6-19-7-5-17/h1-3H,4-8H2,(H2,12,14,15,16). The molecule has 3 heterocycles. The maximum atomic E-state index is 5.75. The van der Waals surface area contributed by atoms with Gasteiger partial charge in [-0.15, -0.1) is 0 Å². The molecule has 2 aromatic rings.